The summed E-state index contributed by atoms with van der Waals surface area (Å²) in [7, 11) is 1.81. The zero-order chi connectivity index (χ0) is 13.0. The lowest BCUT2D eigenvalue weighted by molar-refractivity contribution is -0.131. The Morgan fingerprint density at radius 3 is 3.17 bits per heavy atom. The molecular weight excluding hydrogens is 233 g/mol. The van der Waals surface area contributed by atoms with E-state index in [4.69, 9.17) is 0 Å². The van der Waals surface area contributed by atoms with E-state index in [1.807, 2.05) is 13.1 Å². The van der Waals surface area contributed by atoms with E-state index in [-0.39, 0.29) is 18.5 Å². The highest BCUT2D eigenvalue weighted by Gasteiger charge is 2.34. The van der Waals surface area contributed by atoms with E-state index in [0.29, 0.717) is 19.4 Å². The number of likely N-dealkylation sites (N-methyl/N-ethyl adjacent to an activating group) is 1. The van der Waals surface area contributed by atoms with Crippen LogP contribution in [0.3, 0.4) is 0 Å². The molecule has 1 aliphatic rings. The van der Waals surface area contributed by atoms with Crippen LogP contribution in [0.4, 0.5) is 4.39 Å². The van der Waals surface area contributed by atoms with E-state index in [1.165, 1.54) is 0 Å². The van der Waals surface area contributed by atoms with Crippen LogP contribution in [-0.2, 0) is 11.2 Å². The number of carbonyl (C=O) groups excluding carboxylic acids is 1. The summed E-state index contributed by atoms with van der Waals surface area (Å²) in [4.78, 5) is 17.8. The minimum atomic E-state index is -0.902. The molecule has 1 amide bonds. The summed E-state index contributed by atoms with van der Waals surface area (Å²) in [5, 5.41) is 3.01. The van der Waals surface area contributed by atoms with Gasteiger partial charge in [0.05, 0.1) is 13.0 Å². The first-order valence-corrected chi connectivity index (χ1v) is 6.17. The molecule has 1 saturated heterocycles. The molecule has 1 aliphatic heterocycles. The molecule has 2 atom stereocenters. The largest absolute Gasteiger partial charge is 0.335 e. The van der Waals surface area contributed by atoms with E-state index >= 15 is 0 Å². The van der Waals surface area contributed by atoms with Gasteiger partial charge in [-0.05, 0) is 18.7 Å². The third-order valence-corrected chi connectivity index (χ3v) is 3.20. The van der Waals surface area contributed by atoms with E-state index in [1.54, 1.807) is 23.4 Å². The molecule has 2 heterocycles. The number of rotatable bonds is 4. The molecule has 4 nitrogen and oxygen atoms in total. The number of amides is 1. The summed E-state index contributed by atoms with van der Waals surface area (Å²) in [6.07, 6.45) is 3.17. The summed E-state index contributed by atoms with van der Waals surface area (Å²) in [5.41, 5.74) is 0.869. The average molecular weight is 251 g/mol. The van der Waals surface area contributed by atoms with Gasteiger partial charge >= 0.3 is 0 Å². The minimum absolute atomic E-state index is 0.0246. The number of alkyl halides is 1. The van der Waals surface area contributed by atoms with E-state index in [2.05, 4.69) is 10.3 Å². The molecule has 1 fully saturated rings. The van der Waals surface area contributed by atoms with Crippen LogP contribution < -0.4 is 5.32 Å². The molecule has 0 unspecified atom stereocenters. The topological polar surface area (TPSA) is 45.2 Å². The van der Waals surface area contributed by atoms with Gasteiger partial charge in [-0.25, -0.2) is 4.39 Å². The van der Waals surface area contributed by atoms with Crippen molar-refractivity contribution in [3.05, 3.63) is 30.1 Å². The minimum Gasteiger partial charge on any atom is -0.335 e. The van der Waals surface area contributed by atoms with Gasteiger partial charge in [0.1, 0.15) is 6.17 Å². The molecule has 18 heavy (non-hydrogen) atoms. The fraction of sp³-hybridized carbons (Fsp3) is 0.538. The molecule has 0 spiro atoms. The standard InChI is InChI=1S/C13H18FN3O/c1-15-8-12-6-11(14)9-17(12)13(18)5-10-3-2-4-16-7-10/h2-4,7,11-12,15H,5-6,8-9H2,1H3/t11-,12-/m0/s1. The van der Waals surface area contributed by atoms with Crippen molar-refractivity contribution in [2.75, 3.05) is 20.1 Å². The third kappa shape index (κ3) is 3.04. The molecule has 0 aliphatic carbocycles. The van der Waals surface area contributed by atoms with Crippen LogP contribution in [0.15, 0.2) is 24.5 Å². The number of likely N-dealkylation sites (tertiary alicyclic amines) is 1. The van der Waals surface area contributed by atoms with Crippen LogP contribution in [-0.4, -0.2) is 48.1 Å². The highest BCUT2D eigenvalue weighted by Crippen LogP contribution is 2.21. The smallest absolute Gasteiger partial charge is 0.227 e. The lowest BCUT2D eigenvalue weighted by atomic mass is 10.1. The third-order valence-electron chi connectivity index (χ3n) is 3.20. The van der Waals surface area contributed by atoms with E-state index < -0.39 is 6.17 Å². The monoisotopic (exact) mass is 251 g/mol. The Balaban J connectivity index is 1.99. The normalized spacial score (nSPS) is 23.3. The SMILES string of the molecule is CNC[C@@H]1C[C@H](F)CN1C(=O)Cc1cccnc1. The second kappa shape index (κ2) is 5.91. The molecule has 1 aromatic rings. The number of halogens is 1. The Labute approximate surface area is 106 Å². The molecule has 1 aromatic heterocycles. The summed E-state index contributed by atoms with van der Waals surface area (Å²) in [6, 6.07) is 3.63. The van der Waals surface area contributed by atoms with Crippen LogP contribution in [0.1, 0.15) is 12.0 Å². The Hall–Kier alpha value is -1.49. The molecule has 0 bridgehead atoms. The van der Waals surface area contributed by atoms with Gasteiger partial charge in [0.25, 0.3) is 0 Å². The lowest BCUT2D eigenvalue weighted by Crippen LogP contribution is -2.41. The maximum Gasteiger partial charge on any atom is 0.227 e. The maximum absolute atomic E-state index is 13.4. The summed E-state index contributed by atoms with van der Waals surface area (Å²) in [6.45, 7) is 0.852. The molecule has 0 aromatic carbocycles. The number of aromatic nitrogens is 1. The molecule has 2 rings (SSSR count). The number of nitrogens with zero attached hydrogens (tertiary/aromatic N) is 2. The Morgan fingerprint density at radius 1 is 1.67 bits per heavy atom. The highest BCUT2D eigenvalue weighted by molar-refractivity contribution is 5.79. The maximum atomic E-state index is 13.4. The van der Waals surface area contributed by atoms with Gasteiger partial charge in [-0.15, -0.1) is 0 Å². The quantitative estimate of drug-likeness (QED) is 0.860. The molecule has 5 heteroatoms. The fourth-order valence-electron chi connectivity index (χ4n) is 2.37. The van der Waals surface area contributed by atoms with Crippen molar-refractivity contribution in [1.82, 2.24) is 15.2 Å². The number of nitrogens with one attached hydrogen (secondary N) is 1. The molecule has 1 N–H and O–H groups in total. The number of pyridine rings is 1. The van der Waals surface area contributed by atoms with Gasteiger partial charge in [0.15, 0.2) is 0 Å². The van der Waals surface area contributed by atoms with Crippen LogP contribution in [0.2, 0.25) is 0 Å². The van der Waals surface area contributed by atoms with Crippen LogP contribution in [0.25, 0.3) is 0 Å². The van der Waals surface area contributed by atoms with Crippen LogP contribution in [0.5, 0.6) is 0 Å². The van der Waals surface area contributed by atoms with Gasteiger partial charge in [0.2, 0.25) is 5.91 Å². The van der Waals surface area contributed by atoms with Gasteiger partial charge in [-0.2, -0.15) is 0 Å². The second-order valence-electron chi connectivity index (χ2n) is 4.63. The Morgan fingerprint density at radius 2 is 2.50 bits per heavy atom. The van der Waals surface area contributed by atoms with Crippen LogP contribution in [0, 0.1) is 0 Å². The van der Waals surface area contributed by atoms with E-state index in [9.17, 15) is 9.18 Å². The zero-order valence-electron chi connectivity index (χ0n) is 10.5. The van der Waals surface area contributed by atoms with Crippen molar-refractivity contribution in [3.63, 3.8) is 0 Å². The fourth-order valence-corrected chi connectivity index (χ4v) is 2.37. The first-order valence-electron chi connectivity index (χ1n) is 6.17. The van der Waals surface area contributed by atoms with Gasteiger partial charge < -0.3 is 10.2 Å². The summed E-state index contributed by atoms with van der Waals surface area (Å²) < 4.78 is 13.4. The van der Waals surface area contributed by atoms with Crippen molar-refractivity contribution in [2.24, 2.45) is 0 Å². The molecule has 98 valence electrons. The predicted octanol–water partition coefficient (Wildman–Crippen LogP) is 0.782. The second-order valence-corrected chi connectivity index (χ2v) is 4.63. The first kappa shape index (κ1) is 13.0. The van der Waals surface area contributed by atoms with Crippen molar-refractivity contribution in [1.29, 1.82) is 0 Å². The van der Waals surface area contributed by atoms with Crippen molar-refractivity contribution in [3.8, 4) is 0 Å². The van der Waals surface area contributed by atoms with Crippen LogP contribution >= 0.6 is 0 Å². The highest BCUT2D eigenvalue weighted by atomic mass is 19.1. The average Bonchev–Trinajstić information content (AvgIpc) is 2.72. The molecule has 0 saturated carbocycles. The Bertz CT molecular complexity index is 398. The van der Waals surface area contributed by atoms with Crippen molar-refractivity contribution >= 4 is 5.91 Å². The zero-order valence-corrected chi connectivity index (χ0v) is 10.5. The predicted molar refractivity (Wildman–Crippen MR) is 66.9 cm³/mol. The number of hydrogen-bond acceptors (Lipinski definition) is 3. The molecule has 0 radical (unpaired) electrons. The van der Waals surface area contributed by atoms with E-state index in [0.717, 1.165) is 5.56 Å². The van der Waals surface area contributed by atoms with Gasteiger partial charge in [-0.1, -0.05) is 6.07 Å². The molecular formula is C13H18FN3O. The number of hydrogen-bond donors (Lipinski definition) is 1. The van der Waals surface area contributed by atoms with Gasteiger partial charge in [-0.3, -0.25) is 9.78 Å². The van der Waals surface area contributed by atoms with Crippen molar-refractivity contribution < 1.29 is 9.18 Å². The Kier molecular flexibility index (Phi) is 4.25. The van der Waals surface area contributed by atoms with Gasteiger partial charge in [0, 0.05) is 31.4 Å². The van der Waals surface area contributed by atoms with Crippen molar-refractivity contribution in [2.45, 2.75) is 25.1 Å². The summed E-state index contributed by atoms with van der Waals surface area (Å²) in [5.74, 6) is -0.0246. The first-order chi connectivity index (χ1) is 8.70. The summed E-state index contributed by atoms with van der Waals surface area (Å²) >= 11 is 0. The lowest BCUT2D eigenvalue weighted by Gasteiger charge is -2.24. The number of carbonyl (C=O) groups is 1.